The molecule has 0 heterocycles. The van der Waals surface area contributed by atoms with E-state index in [1.54, 1.807) is 18.2 Å². The van der Waals surface area contributed by atoms with E-state index in [9.17, 15) is 9.59 Å². The van der Waals surface area contributed by atoms with Crippen molar-refractivity contribution >= 4 is 29.1 Å². The highest BCUT2D eigenvalue weighted by Gasteiger charge is 2.27. The SMILES string of the molecule is CC(C)(C)c1ccc(C(=O)Nc2ccc(C(=O)NC3CCC(CC4CCC(N)CC4)CC3)c(Cl)c2)cc1. The average molecular weight is 524 g/mol. The second kappa shape index (κ2) is 12.0. The van der Waals surface area contributed by atoms with Gasteiger partial charge in [-0.15, -0.1) is 0 Å². The van der Waals surface area contributed by atoms with Crippen molar-refractivity contribution in [2.75, 3.05) is 5.32 Å². The van der Waals surface area contributed by atoms with Crippen molar-refractivity contribution in [3.8, 4) is 0 Å². The normalized spacial score (nSPS) is 24.4. The van der Waals surface area contributed by atoms with E-state index in [1.165, 1.54) is 50.5 Å². The molecule has 2 aliphatic carbocycles. The number of amides is 2. The van der Waals surface area contributed by atoms with Gasteiger partial charge in [0.1, 0.15) is 0 Å². The van der Waals surface area contributed by atoms with Crippen LogP contribution in [0.25, 0.3) is 0 Å². The van der Waals surface area contributed by atoms with E-state index in [-0.39, 0.29) is 23.3 Å². The molecule has 2 fully saturated rings. The molecule has 2 saturated carbocycles. The molecule has 200 valence electrons. The van der Waals surface area contributed by atoms with Gasteiger partial charge in [-0.05, 0) is 111 Å². The van der Waals surface area contributed by atoms with Crippen molar-refractivity contribution in [1.29, 1.82) is 0 Å². The predicted octanol–water partition coefficient (Wildman–Crippen LogP) is 7.09. The zero-order valence-electron chi connectivity index (χ0n) is 22.5. The monoisotopic (exact) mass is 523 g/mol. The average Bonchev–Trinajstić information content (AvgIpc) is 2.86. The van der Waals surface area contributed by atoms with Crippen molar-refractivity contribution < 1.29 is 9.59 Å². The lowest BCUT2D eigenvalue weighted by Crippen LogP contribution is -2.38. The fraction of sp³-hybridized carbons (Fsp3) is 0.548. The molecular formula is C31H42ClN3O2. The highest BCUT2D eigenvalue weighted by molar-refractivity contribution is 6.34. The third-order valence-corrected chi connectivity index (χ3v) is 8.54. The van der Waals surface area contributed by atoms with Gasteiger partial charge in [-0.2, -0.15) is 0 Å². The summed E-state index contributed by atoms with van der Waals surface area (Å²) in [4.78, 5) is 25.6. The number of carbonyl (C=O) groups is 2. The fourth-order valence-electron chi connectivity index (χ4n) is 5.80. The van der Waals surface area contributed by atoms with Gasteiger partial charge in [0.05, 0.1) is 10.6 Å². The van der Waals surface area contributed by atoms with Crippen LogP contribution >= 0.6 is 11.6 Å². The van der Waals surface area contributed by atoms with Crippen molar-refractivity contribution in [2.24, 2.45) is 17.6 Å². The lowest BCUT2D eigenvalue weighted by atomic mass is 9.76. The molecule has 6 heteroatoms. The van der Waals surface area contributed by atoms with E-state index >= 15 is 0 Å². The molecule has 0 bridgehead atoms. The van der Waals surface area contributed by atoms with Gasteiger partial charge in [-0.1, -0.05) is 44.5 Å². The Balaban J connectivity index is 1.26. The van der Waals surface area contributed by atoms with Gasteiger partial charge in [-0.3, -0.25) is 9.59 Å². The second-order valence-electron chi connectivity index (χ2n) is 12.2. The summed E-state index contributed by atoms with van der Waals surface area (Å²) in [5.41, 5.74) is 8.84. The summed E-state index contributed by atoms with van der Waals surface area (Å²) in [5, 5.41) is 6.40. The smallest absolute Gasteiger partial charge is 0.255 e. The van der Waals surface area contributed by atoms with Crippen LogP contribution in [0.1, 0.15) is 105 Å². The molecule has 0 saturated heterocycles. The van der Waals surface area contributed by atoms with E-state index in [2.05, 4.69) is 31.4 Å². The first kappa shape index (κ1) is 27.7. The molecule has 5 nitrogen and oxygen atoms in total. The molecule has 4 rings (SSSR count). The minimum Gasteiger partial charge on any atom is -0.349 e. The molecule has 0 radical (unpaired) electrons. The van der Waals surface area contributed by atoms with Gasteiger partial charge in [0.2, 0.25) is 0 Å². The van der Waals surface area contributed by atoms with Gasteiger partial charge in [0.25, 0.3) is 11.8 Å². The minimum atomic E-state index is -0.207. The number of carbonyl (C=O) groups excluding carboxylic acids is 2. The number of hydrogen-bond donors (Lipinski definition) is 3. The fourth-order valence-corrected chi connectivity index (χ4v) is 6.07. The number of rotatable bonds is 6. The number of nitrogens with two attached hydrogens (primary N) is 1. The van der Waals surface area contributed by atoms with Gasteiger partial charge in [0, 0.05) is 23.3 Å². The number of hydrogen-bond acceptors (Lipinski definition) is 3. The number of anilines is 1. The van der Waals surface area contributed by atoms with Crippen molar-refractivity contribution in [1.82, 2.24) is 5.32 Å². The van der Waals surface area contributed by atoms with Crippen molar-refractivity contribution in [3.05, 3.63) is 64.2 Å². The summed E-state index contributed by atoms with van der Waals surface area (Å²) < 4.78 is 0. The summed E-state index contributed by atoms with van der Waals surface area (Å²) in [5.74, 6) is 1.24. The summed E-state index contributed by atoms with van der Waals surface area (Å²) in [6.45, 7) is 6.42. The zero-order chi connectivity index (χ0) is 26.6. The first-order valence-electron chi connectivity index (χ1n) is 13.9. The van der Waals surface area contributed by atoms with E-state index in [0.29, 0.717) is 27.9 Å². The number of nitrogens with one attached hydrogen (secondary N) is 2. The van der Waals surface area contributed by atoms with E-state index in [0.717, 1.165) is 24.7 Å². The van der Waals surface area contributed by atoms with Crippen LogP contribution in [0.2, 0.25) is 5.02 Å². The molecule has 37 heavy (non-hydrogen) atoms. The first-order chi connectivity index (χ1) is 17.6. The topological polar surface area (TPSA) is 84.2 Å². The summed E-state index contributed by atoms with van der Waals surface area (Å²) in [6.07, 6.45) is 10.6. The lowest BCUT2D eigenvalue weighted by Gasteiger charge is -2.33. The molecule has 2 aromatic carbocycles. The van der Waals surface area contributed by atoms with Gasteiger partial charge < -0.3 is 16.4 Å². The highest BCUT2D eigenvalue weighted by Crippen LogP contribution is 2.35. The number of halogens is 1. The Labute approximate surface area is 226 Å². The summed E-state index contributed by atoms with van der Waals surface area (Å²) in [7, 11) is 0. The Morgan fingerprint density at radius 3 is 2.03 bits per heavy atom. The molecule has 0 unspecified atom stereocenters. The molecule has 2 aliphatic rings. The van der Waals surface area contributed by atoms with Crippen LogP contribution in [-0.4, -0.2) is 23.9 Å². The Morgan fingerprint density at radius 1 is 0.865 bits per heavy atom. The van der Waals surface area contributed by atoms with Crippen LogP contribution in [0.15, 0.2) is 42.5 Å². The lowest BCUT2D eigenvalue weighted by molar-refractivity contribution is 0.0918. The zero-order valence-corrected chi connectivity index (χ0v) is 23.2. The Morgan fingerprint density at radius 2 is 1.46 bits per heavy atom. The maximum Gasteiger partial charge on any atom is 0.255 e. The maximum atomic E-state index is 12.9. The van der Waals surface area contributed by atoms with Crippen LogP contribution in [0.5, 0.6) is 0 Å². The molecule has 0 atom stereocenters. The van der Waals surface area contributed by atoms with Crippen LogP contribution in [-0.2, 0) is 5.41 Å². The van der Waals surface area contributed by atoms with E-state index < -0.39 is 0 Å². The Hall–Kier alpha value is -2.37. The Kier molecular flexibility index (Phi) is 8.97. The molecule has 2 aromatic rings. The molecule has 0 aliphatic heterocycles. The van der Waals surface area contributed by atoms with Gasteiger partial charge in [-0.25, -0.2) is 0 Å². The predicted molar refractivity (Wildman–Crippen MR) is 152 cm³/mol. The van der Waals surface area contributed by atoms with Crippen molar-refractivity contribution in [2.45, 2.75) is 96.1 Å². The third kappa shape index (κ3) is 7.58. The third-order valence-electron chi connectivity index (χ3n) is 8.22. The first-order valence-corrected chi connectivity index (χ1v) is 14.2. The largest absolute Gasteiger partial charge is 0.349 e. The van der Waals surface area contributed by atoms with Crippen LogP contribution in [0.4, 0.5) is 5.69 Å². The summed E-state index contributed by atoms with van der Waals surface area (Å²) in [6, 6.07) is 13.3. The van der Waals surface area contributed by atoms with Crippen molar-refractivity contribution in [3.63, 3.8) is 0 Å². The van der Waals surface area contributed by atoms with E-state index in [1.807, 2.05) is 24.3 Å². The quantitative estimate of drug-likeness (QED) is 0.378. The molecule has 0 aromatic heterocycles. The highest BCUT2D eigenvalue weighted by atomic mass is 35.5. The molecule has 0 spiro atoms. The maximum absolute atomic E-state index is 12.9. The van der Waals surface area contributed by atoms with Crippen LogP contribution in [0.3, 0.4) is 0 Å². The minimum absolute atomic E-state index is 0.0301. The Bertz CT molecular complexity index is 1080. The summed E-state index contributed by atoms with van der Waals surface area (Å²) >= 11 is 6.46. The molecular weight excluding hydrogens is 482 g/mol. The van der Waals surface area contributed by atoms with Crippen LogP contribution < -0.4 is 16.4 Å². The molecule has 4 N–H and O–H groups in total. The number of benzene rings is 2. The van der Waals surface area contributed by atoms with Gasteiger partial charge in [0.15, 0.2) is 0 Å². The van der Waals surface area contributed by atoms with Crippen LogP contribution in [0, 0.1) is 11.8 Å². The molecule has 2 amide bonds. The standard InChI is InChI=1S/C31H42ClN3O2/c1-31(2,3)23-10-8-22(9-11-23)29(36)35-26-16-17-27(28(32)19-26)30(37)34-25-14-6-21(7-15-25)18-20-4-12-24(33)13-5-20/h8-11,16-17,19-21,24-25H,4-7,12-15,18,33H2,1-3H3,(H,34,37)(H,35,36). The van der Waals surface area contributed by atoms with E-state index in [4.69, 9.17) is 17.3 Å². The van der Waals surface area contributed by atoms with Gasteiger partial charge >= 0.3 is 0 Å². The second-order valence-corrected chi connectivity index (χ2v) is 12.6.